The molecule has 24 heavy (non-hydrogen) atoms. The van der Waals surface area contributed by atoms with Gasteiger partial charge in [-0.05, 0) is 32.1 Å². The van der Waals surface area contributed by atoms with Crippen molar-refractivity contribution in [3.8, 4) is 0 Å². The van der Waals surface area contributed by atoms with Crippen molar-refractivity contribution in [1.29, 1.82) is 0 Å². The zero-order valence-electron chi connectivity index (χ0n) is 14.3. The predicted molar refractivity (Wildman–Crippen MR) is 91.9 cm³/mol. The molecular weight excluding hydrogens is 326 g/mol. The topological polar surface area (TPSA) is 73.7 Å². The molecule has 1 unspecified atom stereocenters. The van der Waals surface area contributed by atoms with Gasteiger partial charge >= 0.3 is 0 Å². The van der Waals surface area contributed by atoms with E-state index in [-0.39, 0.29) is 11.8 Å². The number of amides is 2. The molecule has 7 heteroatoms. The molecule has 1 spiro atoms. The number of aromatic nitrogens is 1. The van der Waals surface area contributed by atoms with Crippen LogP contribution in [0, 0.1) is 5.41 Å². The predicted octanol–water partition coefficient (Wildman–Crippen LogP) is 1.54. The first-order valence-corrected chi connectivity index (χ1v) is 9.50. The third-order valence-electron chi connectivity index (χ3n) is 5.15. The van der Waals surface area contributed by atoms with Crippen LogP contribution in [0.2, 0.25) is 0 Å². The Balaban J connectivity index is 1.65. The van der Waals surface area contributed by atoms with E-state index in [4.69, 9.17) is 0 Å². The number of piperidine rings is 2. The van der Waals surface area contributed by atoms with Crippen LogP contribution in [0.1, 0.15) is 48.1 Å². The first kappa shape index (κ1) is 17.4. The van der Waals surface area contributed by atoms with Crippen LogP contribution >= 0.6 is 11.3 Å². The normalized spacial score (nSPS) is 23.8. The second-order valence-corrected chi connectivity index (χ2v) is 7.94. The minimum atomic E-state index is -0.501. The molecule has 0 saturated carbocycles. The Morgan fingerprint density at radius 3 is 2.83 bits per heavy atom. The zero-order valence-corrected chi connectivity index (χ0v) is 15.1. The van der Waals surface area contributed by atoms with Gasteiger partial charge < -0.3 is 14.9 Å². The fourth-order valence-corrected chi connectivity index (χ4v) is 4.74. The van der Waals surface area contributed by atoms with Gasteiger partial charge in [-0.25, -0.2) is 4.98 Å². The van der Waals surface area contributed by atoms with Gasteiger partial charge in [-0.1, -0.05) is 6.92 Å². The van der Waals surface area contributed by atoms with Crippen LogP contribution in [-0.4, -0.2) is 64.5 Å². The lowest BCUT2D eigenvalue weighted by atomic mass is 9.71. The summed E-state index contributed by atoms with van der Waals surface area (Å²) < 4.78 is 0. The van der Waals surface area contributed by atoms with Gasteiger partial charge in [-0.3, -0.25) is 9.59 Å². The van der Waals surface area contributed by atoms with Gasteiger partial charge in [0.15, 0.2) is 0 Å². The highest BCUT2D eigenvalue weighted by Crippen LogP contribution is 2.40. The van der Waals surface area contributed by atoms with Gasteiger partial charge in [0, 0.05) is 32.1 Å². The smallest absolute Gasteiger partial charge is 0.273 e. The van der Waals surface area contributed by atoms with Crippen molar-refractivity contribution in [2.45, 2.75) is 45.1 Å². The lowest BCUT2D eigenvalue weighted by Crippen LogP contribution is -2.56. The summed E-state index contributed by atoms with van der Waals surface area (Å²) in [7, 11) is 1.74. The van der Waals surface area contributed by atoms with Crippen molar-refractivity contribution in [2.24, 2.45) is 5.41 Å². The number of carbonyl (C=O) groups is 2. The summed E-state index contributed by atoms with van der Waals surface area (Å²) in [5.41, 5.74) is 0.0186. The summed E-state index contributed by atoms with van der Waals surface area (Å²) in [6, 6.07) is 0. The van der Waals surface area contributed by atoms with Crippen molar-refractivity contribution in [2.75, 3.05) is 26.7 Å². The highest BCUT2D eigenvalue weighted by molar-refractivity contribution is 7.09. The standard InChI is InChI=1S/C17H25N3O3S/c1-3-4-14-18-13(11-24-14)15(22)20-7-5-17(6-8-20)9-12(21)10-19(2)16(17)23/h11-12,21H,3-10H2,1-2H3. The third-order valence-corrected chi connectivity index (χ3v) is 6.06. The molecule has 0 bridgehead atoms. The second-order valence-electron chi connectivity index (χ2n) is 6.99. The van der Waals surface area contributed by atoms with E-state index in [2.05, 4.69) is 11.9 Å². The lowest BCUT2D eigenvalue weighted by Gasteiger charge is -2.46. The summed E-state index contributed by atoms with van der Waals surface area (Å²) in [6.07, 6.45) is 3.20. The largest absolute Gasteiger partial charge is 0.391 e. The van der Waals surface area contributed by atoms with E-state index in [0.717, 1.165) is 17.8 Å². The minimum Gasteiger partial charge on any atom is -0.391 e. The molecule has 0 aliphatic carbocycles. The van der Waals surface area contributed by atoms with Crippen LogP contribution in [0.4, 0.5) is 0 Å². The molecule has 6 nitrogen and oxygen atoms in total. The average Bonchev–Trinajstić information content (AvgIpc) is 3.02. The van der Waals surface area contributed by atoms with Crippen molar-refractivity contribution < 1.29 is 14.7 Å². The molecule has 0 radical (unpaired) electrons. The molecule has 132 valence electrons. The zero-order chi connectivity index (χ0) is 17.3. The molecule has 3 rings (SSSR count). The Labute approximate surface area is 146 Å². The second kappa shape index (κ2) is 6.80. The average molecular weight is 351 g/mol. The minimum absolute atomic E-state index is 0.0411. The Hall–Kier alpha value is -1.47. The van der Waals surface area contributed by atoms with Crippen molar-refractivity contribution in [3.63, 3.8) is 0 Å². The summed E-state index contributed by atoms with van der Waals surface area (Å²) in [6.45, 7) is 3.60. The molecule has 1 aromatic heterocycles. The Bertz CT molecular complexity index is 622. The Morgan fingerprint density at radius 2 is 2.17 bits per heavy atom. The molecule has 2 aliphatic rings. The van der Waals surface area contributed by atoms with Crippen molar-refractivity contribution in [3.05, 3.63) is 16.1 Å². The van der Waals surface area contributed by atoms with Crippen LogP contribution in [0.3, 0.4) is 0 Å². The summed E-state index contributed by atoms with van der Waals surface area (Å²) in [4.78, 5) is 33.0. The van der Waals surface area contributed by atoms with E-state index >= 15 is 0 Å². The van der Waals surface area contributed by atoms with E-state index in [9.17, 15) is 14.7 Å². The molecule has 2 saturated heterocycles. The van der Waals surface area contributed by atoms with E-state index in [1.807, 2.05) is 5.38 Å². The van der Waals surface area contributed by atoms with Gasteiger partial charge in [0.2, 0.25) is 5.91 Å². The number of β-amino-alcohol motifs (C(OH)–C–C–N with tert-alkyl or cyclic N) is 1. The van der Waals surface area contributed by atoms with E-state index in [1.54, 1.807) is 16.8 Å². The van der Waals surface area contributed by atoms with E-state index in [1.165, 1.54) is 11.3 Å². The van der Waals surface area contributed by atoms with Crippen LogP contribution < -0.4 is 0 Å². The summed E-state index contributed by atoms with van der Waals surface area (Å²) in [5.74, 6) is 0.0689. The van der Waals surface area contributed by atoms with Gasteiger partial charge in [0.05, 0.1) is 16.5 Å². The number of aryl methyl sites for hydroxylation is 1. The molecule has 1 N–H and O–H groups in total. The van der Waals surface area contributed by atoms with Gasteiger partial charge in [0.25, 0.3) is 5.91 Å². The van der Waals surface area contributed by atoms with Crippen molar-refractivity contribution in [1.82, 2.24) is 14.8 Å². The molecular formula is C17H25N3O3S. The fourth-order valence-electron chi connectivity index (χ4n) is 3.86. The lowest BCUT2D eigenvalue weighted by molar-refractivity contribution is -0.154. The SMILES string of the molecule is CCCc1nc(C(=O)N2CCC3(CC2)CC(O)CN(C)C3=O)cs1. The Morgan fingerprint density at radius 1 is 1.46 bits per heavy atom. The molecule has 2 aliphatic heterocycles. The maximum atomic E-state index is 12.6. The van der Waals surface area contributed by atoms with Gasteiger partial charge in [-0.15, -0.1) is 11.3 Å². The Kier molecular flexibility index (Phi) is 4.92. The highest BCUT2D eigenvalue weighted by atomic mass is 32.1. The first-order chi connectivity index (χ1) is 11.4. The van der Waals surface area contributed by atoms with Crippen LogP contribution in [0.25, 0.3) is 0 Å². The molecule has 3 heterocycles. The number of aliphatic hydroxyl groups excluding tert-OH is 1. The third kappa shape index (κ3) is 3.19. The quantitative estimate of drug-likeness (QED) is 0.896. The number of likely N-dealkylation sites (N-methyl/N-ethyl adjacent to an activating group) is 1. The van der Waals surface area contributed by atoms with Crippen LogP contribution in [-0.2, 0) is 11.2 Å². The molecule has 0 aromatic carbocycles. The summed E-state index contributed by atoms with van der Waals surface area (Å²) in [5, 5.41) is 12.9. The highest BCUT2D eigenvalue weighted by Gasteiger charge is 2.48. The molecule has 2 amide bonds. The van der Waals surface area contributed by atoms with Gasteiger partial charge in [-0.2, -0.15) is 0 Å². The van der Waals surface area contributed by atoms with E-state index in [0.29, 0.717) is 44.6 Å². The maximum absolute atomic E-state index is 12.6. The number of nitrogens with zero attached hydrogens (tertiary/aromatic N) is 3. The number of hydrogen-bond acceptors (Lipinski definition) is 5. The monoisotopic (exact) mass is 351 g/mol. The number of likely N-dealkylation sites (tertiary alicyclic amines) is 2. The number of thiazole rings is 1. The summed E-state index contributed by atoms with van der Waals surface area (Å²) >= 11 is 1.54. The molecule has 1 atom stereocenters. The maximum Gasteiger partial charge on any atom is 0.273 e. The molecule has 2 fully saturated rings. The fraction of sp³-hybridized carbons (Fsp3) is 0.706. The van der Waals surface area contributed by atoms with Crippen LogP contribution in [0.15, 0.2) is 5.38 Å². The molecule has 1 aromatic rings. The number of aliphatic hydroxyl groups is 1. The van der Waals surface area contributed by atoms with Gasteiger partial charge in [0.1, 0.15) is 5.69 Å². The van der Waals surface area contributed by atoms with Crippen LogP contribution in [0.5, 0.6) is 0 Å². The van der Waals surface area contributed by atoms with Crippen molar-refractivity contribution >= 4 is 23.2 Å². The van der Waals surface area contributed by atoms with E-state index < -0.39 is 11.5 Å². The number of carbonyl (C=O) groups excluding carboxylic acids is 2. The first-order valence-electron chi connectivity index (χ1n) is 8.62. The number of hydrogen-bond donors (Lipinski definition) is 1. The number of rotatable bonds is 3.